The molecule has 1 aromatic carbocycles. The molecule has 0 saturated heterocycles. The molecule has 11 heavy (non-hydrogen) atoms. The van der Waals surface area contributed by atoms with Crippen LogP contribution in [0.15, 0.2) is 17.0 Å². The van der Waals surface area contributed by atoms with Gasteiger partial charge in [-0.1, -0.05) is 6.07 Å². The van der Waals surface area contributed by atoms with Crippen molar-refractivity contribution in [3.05, 3.63) is 28.8 Å². The summed E-state index contributed by atoms with van der Waals surface area (Å²) >= 11 is 4.19. The quantitative estimate of drug-likeness (QED) is 0.501. The molecule has 0 spiro atoms. The summed E-state index contributed by atoms with van der Waals surface area (Å²) in [5, 5.41) is 0. The van der Waals surface area contributed by atoms with Crippen LogP contribution in [0.1, 0.15) is 21.5 Å². The Hall–Kier alpha value is -0.760. The maximum atomic E-state index is 10.5. The Morgan fingerprint density at radius 2 is 2.00 bits per heavy atom. The second-order valence-corrected chi connectivity index (χ2v) is 3.11. The average Bonchev–Trinajstić information content (AvgIpc) is 1.85. The molecule has 0 radical (unpaired) electrons. The Morgan fingerprint density at radius 3 is 2.45 bits per heavy atom. The fraction of sp³-hybridized carbons (Fsp3) is 0.222. The molecule has 0 unspecified atom stereocenters. The predicted molar refractivity (Wildman–Crippen MR) is 48.6 cm³/mol. The van der Waals surface area contributed by atoms with E-state index in [-0.39, 0.29) is 0 Å². The molecular weight excluding hydrogens is 156 g/mol. The van der Waals surface area contributed by atoms with E-state index in [1.807, 2.05) is 26.0 Å². The van der Waals surface area contributed by atoms with Crippen molar-refractivity contribution in [3.63, 3.8) is 0 Å². The summed E-state index contributed by atoms with van der Waals surface area (Å²) < 4.78 is 0. The largest absolute Gasteiger partial charge is 0.298 e. The molecule has 0 atom stereocenters. The van der Waals surface area contributed by atoms with Gasteiger partial charge in [0.05, 0.1) is 0 Å². The topological polar surface area (TPSA) is 17.1 Å². The van der Waals surface area contributed by atoms with Crippen molar-refractivity contribution < 1.29 is 4.79 Å². The van der Waals surface area contributed by atoms with Crippen LogP contribution in [0.5, 0.6) is 0 Å². The summed E-state index contributed by atoms with van der Waals surface area (Å²) in [7, 11) is 0. The van der Waals surface area contributed by atoms with E-state index < -0.39 is 0 Å². The number of carbonyl (C=O) groups excluding carboxylic acids is 1. The molecule has 0 aliphatic rings. The van der Waals surface area contributed by atoms with E-state index in [4.69, 9.17) is 0 Å². The number of aryl methyl sites for hydroxylation is 2. The molecule has 0 saturated carbocycles. The normalized spacial score (nSPS) is 9.73. The molecule has 0 amide bonds. The van der Waals surface area contributed by atoms with Gasteiger partial charge in [-0.25, -0.2) is 0 Å². The summed E-state index contributed by atoms with van der Waals surface area (Å²) in [4.78, 5) is 11.3. The third kappa shape index (κ3) is 1.63. The molecule has 0 bridgehead atoms. The zero-order valence-corrected chi connectivity index (χ0v) is 7.48. The van der Waals surface area contributed by atoms with E-state index in [1.54, 1.807) is 0 Å². The summed E-state index contributed by atoms with van der Waals surface area (Å²) in [6.45, 7) is 3.90. The van der Waals surface area contributed by atoms with Gasteiger partial charge < -0.3 is 0 Å². The van der Waals surface area contributed by atoms with Crippen LogP contribution in [0.3, 0.4) is 0 Å². The van der Waals surface area contributed by atoms with Crippen molar-refractivity contribution in [2.24, 2.45) is 0 Å². The van der Waals surface area contributed by atoms with Crippen molar-refractivity contribution in [2.45, 2.75) is 18.7 Å². The van der Waals surface area contributed by atoms with Crippen LogP contribution in [-0.4, -0.2) is 6.29 Å². The van der Waals surface area contributed by atoms with E-state index in [0.29, 0.717) is 5.56 Å². The summed E-state index contributed by atoms with van der Waals surface area (Å²) in [5.74, 6) is 0. The van der Waals surface area contributed by atoms with Crippen molar-refractivity contribution >= 4 is 18.9 Å². The fourth-order valence-corrected chi connectivity index (χ4v) is 1.54. The highest BCUT2D eigenvalue weighted by atomic mass is 32.1. The number of hydrogen-bond donors (Lipinski definition) is 1. The smallest absolute Gasteiger partial charge is 0.151 e. The summed E-state index contributed by atoms with van der Waals surface area (Å²) in [6, 6.07) is 3.86. The molecule has 0 N–H and O–H groups in total. The van der Waals surface area contributed by atoms with Crippen LogP contribution in [0.4, 0.5) is 0 Å². The second kappa shape index (κ2) is 3.09. The van der Waals surface area contributed by atoms with Gasteiger partial charge >= 0.3 is 0 Å². The number of aldehydes is 1. The van der Waals surface area contributed by atoms with Crippen LogP contribution < -0.4 is 0 Å². The molecule has 0 aliphatic carbocycles. The number of rotatable bonds is 1. The monoisotopic (exact) mass is 166 g/mol. The van der Waals surface area contributed by atoms with E-state index in [0.717, 1.165) is 22.3 Å². The fourth-order valence-electron chi connectivity index (χ4n) is 1.11. The van der Waals surface area contributed by atoms with E-state index in [1.165, 1.54) is 0 Å². The minimum Gasteiger partial charge on any atom is -0.298 e. The summed E-state index contributed by atoms with van der Waals surface area (Å²) in [6.07, 6.45) is 0.844. The first kappa shape index (κ1) is 8.34. The predicted octanol–water partition coefficient (Wildman–Crippen LogP) is 2.40. The first-order valence-corrected chi connectivity index (χ1v) is 3.85. The van der Waals surface area contributed by atoms with Crippen LogP contribution in [-0.2, 0) is 0 Å². The highest BCUT2D eigenvalue weighted by Gasteiger charge is 2.01. The molecule has 0 heterocycles. The highest BCUT2D eigenvalue weighted by Crippen LogP contribution is 2.17. The van der Waals surface area contributed by atoms with Crippen molar-refractivity contribution in [2.75, 3.05) is 0 Å². The van der Waals surface area contributed by atoms with Crippen LogP contribution in [0, 0.1) is 13.8 Å². The van der Waals surface area contributed by atoms with Crippen molar-refractivity contribution in [3.8, 4) is 0 Å². The number of thiol groups is 1. The molecular formula is C9H10OS. The lowest BCUT2D eigenvalue weighted by molar-refractivity contribution is 0.112. The van der Waals surface area contributed by atoms with Gasteiger partial charge in [-0.15, -0.1) is 12.6 Å². The SMILES string of the molecule is Cc1cc(C)c(C=O)c(S)c1. The molecule has 58 valence electrons. The summed E-state index contributed by atoms with van der Waals surface area (Å²) in [5.41, 5.74) is 2.82. The minimum absolute atomic E-state index is 0.693. The first-order chi connectivity index (χ1) is 5.15. The molecule has 1 nitrogen and oxygen atoms in total. The Bertz CT molecular complexity index is 269. The highest BCUT2D eigenvalue weighted by molar-refractivity contribution is 7.80. The van der Waals surface area contributed by atoms with Crippen molar-refractivity contribution in [1.29, 1.82) is 0 Å². The van der Waals surface area contributed by atoms with Gasteiger partial charge in [-0.05, 0) is 31.0 Å². The maximum Gasteiger partial charge on any atom is 0.151 e. The van der Waals surface area contributed by atoms with Gasteiger partial charge in [-0.3, -0.25) is 4.79 Å². The Labute approximate surface area is 71.8 Å². The van der Waals surface area contributed by atoms with Crippen LogP contribution in [0.2, 0.25) is 0 Å². The minimum atomic E-state index is 0.693. The van der Waals surface area contributed by atoms with Crippen LogP contribution >= 0.6 is 12.6 Å². The molecule has 0 aromatic heterocycles. The van der Waals surface area contributed by atoms with E-state index >= 15 is 0 Å². The molecule has 1 rings (SSSR count). The number of benzene rings is 1. The lowest BCUT2D eigenvalue weighted by Gasteiger charge is -2.02. The van der Waals surface area contributed by atoms with E-state index in [2.05, 4.69) is 12.6 Å². The Morgan fingerprint density at radius 1 is 1.36 bits per heavy atom. The van der Waals surface area contributed by atoms with Gasteiger partial charge in [0.2, 0.25) is 0 Å². The molecule has 1 aromatic rings. The molecule has 2 heteroatoms. The Kier molecular flexibility index (Phi) is 2.35. The standard InChI is InChI=1S/C9H10OS/c1-6-3-7(2)8(5-10)9(11)4-6/h3-5,11H,1-2H3. The van der Waals surface area contributed by atoms with Gasteiger partial charge in [0.25, 0.3) is 0 Å². The Balaban J connectivity index is 3.36. The van der Waals surface area contributed by atoms with Gasteiger partial charge in [-0.2, -0.15) is 0 Å². The maximum absolute atomic E-state index is 10.5. The third-order valence-corrected chi connectivity index (χ3v) is 2.00. The average molecular weight is 166 g/mol. The van der Waals surface area contributed by atoms with Gasteiger partial charge in [0.15, 0.2) is 6.29 Å². The third-order valence-electron chi connectivity index (χ3n) is 1.63. The second-order valence-electron chi connectivity index (χ2n) is 2.63. The van der Waals surface area contributed by atoms with E-state index in [9.17, 15) is 4.79 Å². The van der Waals surface area contributed by atoms with Gasteiger partial charge in [0.1, 0.15) is 0 Å². The first-order valence-electron chi connectivity index (χ1n) is 3.40. The lowest BCUT2D eigenvalue weighted by Crippen LogP contribution is -1.89. The zero-order chi connectivity index (χ0) is 8.43. The van der Waals surface area contributed by atoms with Crippen molar-refractivity contribution in [1.82, 2.24) is 0 Å². The number of hydrogen-bond acceptors (Lipinski definition) is 2. The molecule has 0 fully saturated rings. The van der Waals surface area contributed by atoms with Crippen LogP contribution in [0.25, 0.3) is 0 Å². The molecule has 0 aliphatic heterocycles. The van der Waals surface area contributed by atoms with Gasteiger partial charge in [0, 0.05) is 10.5 Å². The zero-order valence-electron chi connectivity index (χ0n) is 6.59. The lowest BCUT2D eigenvalue weighted by atomic mass is 10.1. The number of carbonyl (C=O) groups is 1.